The first kappa shape index (κ1) is 29.3. The van der Waals surface area contributed by atoms with Crippen LogP contribution in [0.5, 0.6) is 0 Å². The van der Waals surface area contributed by atoms with Crippen molar-refractivity contribution in [2.24, 2.45) is 11.8 Å². The van der Waals surface area contributed by atoms with Crippen molar-refractivity contribution in [3.63, 3.8) is 0 Å². The molecule has 1 saturated carbocycles. The summed E-state index contributed by atoms with van der Waals surface area (Å²) in [7, 11) is 0. The van der Waals surface area contributed by atoms with Crippen LogP contribution in [-0.2, 0) is 16.0 Å². The third kappa shape index (κ3) is 6.04. The maximum Gasteiger partial charge on any atom is 0.410 e. The number of likely N-dealkylation sites (tertiary alicyclic amines) is 1. The lowest BCUT2D eigenvalue weighted by atomic mass is 9.87. The molecule has 10 heteroatoms. The number of aromatic nitrogens is 1. The molecular formula is C32H34ClN5O4. The van der Waals surface area contributed by atoms with Gasteiger partial charge in [0, 0.05) is 66.5 Å². The summed E-state index contributed by atoms with van der Waals surface area (Å²) < 4.78 is 5.56. The second kappa shape index (κ2) is 11.3. The van der Waals surface area contributed by atoms with Gasteiger partial charge in [-0.3, -0.25) is 19.5 Å². The van der Waals surface area contributed by atoms with E-state index in [2.05, 4.69) is 16.4 Å². The monoisotopic (exact) mass is 587 g/mol. The summed E-state index contributed by atoms with van der Waals surface area (Å²) in [6, 6.07) is 12.0. The zero-order valence-corrected chi connectivity index (χ0v) is 24.9. The fourth-order valence-electron chi connectivity index (χ4n) is 5.86. The number of hydrogen-bond acceptors (Lipinski definition) is 7. The van der Waals surface area contributed by atoms with Gasteiger partial charge in [0.05, 0.1) is 11.6 Å². The lowest BCUT2D eigenvalue weighted by Gasteiger charge is -2.28. The molecule has 3 heterocycles. The summed E-state index contributed by atoms with van der Waals surface area (Å²) in [4.78, 5) is 48.1. The Morgan fingerprint density at radius 1 is 1.17 bits per heavy atom. The van der Waals surface area contributed by atoms with E-state index >= 15 is 0 Å². The van der Waals surface area contributed by atoms with Gasteiger partial charge in [-0.25, -0.2) is 4.79 Å². The molecule has 4 atom stereocenters. The number of ketones is 1. The first-order chi connectivity index (χ1) is 19.9. The van der Waals surface area contributed by atoms with Gasteiger partial charge < -0.3 is 15.0 Å². The second-order valence-corrected chi connectivity index (χ2v) is 12.8. The molecule has 1 N–H and O–H groups in total. The predicted molar refractivity (Wildman–Crippen MR) is 157 cm³/mol. The quantitative estimate of drug-likeness (QED) is 0.366. The molecule has 2 amide bonds. The molecule has 5 rings (SSSR count). The lowest BCUT2D eigenvalue weighted by Crippen LogP contribution is -2.49. The second-order valence-electron chi connectivity index (χ2n) is 12.2. The number of amides is 2. The van der Waals surface area contributed by atoms with Crippen molar-refractivity contribution in [2.75, 3.05) is 13.1 Å². The SMILES string of the molecule is CC(Cl)=CCC1(Cc2ccncc2)NC(=CC(=O)c2ccc(C#N)cc2)N([C@H]2[C@@H]3CN(C(=O)OC(C)(C)C)C[C@@H]32)C1=O. The number of hydrogen-bond donors (Lipinski definition) is 1. The summed E-state index contributed by atoms with van der Waals surface area (Å²) >= 11 is 6.23. The van der Waals surface area contributed by atoms with E-state index in [1.807, 2.05) is 39.0 Å². The van der Waals surface area contributed by atoms with Crippen LogP contribution in [0.4, 0.5) is 4.79 Å². The van der Waals surface area contributed by atoms with E-state index in [-0.39, 0.29) is 35.7 Å². The fraction of sp³-hybridized carbons (Fsp3) is 0.406. The van der Waals surface area contributed by atoms with Gasteiger partial charge in [0.25, 0.3) is 5.91 Å². The van der Waals surface area contributed by atoms with Gasteiger partial charge in [-0.2, -0.15) is 5.26 Å². The van der Waals surface area contributed by atoms with E-state index in [1.54, 1.807) is 53.4 Å². The van der Waals surface area contributed by atoms with Crippen molar-refractivity contribution in [3.05, 3.63) is 88.5 Å². The number of allylic oxidation sites excluding steroid dienone is 2. The van der Waals surface area contributed by atoms with Crippen LogP contribution in [0.1, 0.15) is 55.6 Å². The van der Waals surface area contributed by atoms with Crippen LogP contribution in [0.15, 0.2) is 71.8 Å². The molecule has 3 aliphatic rings. The molecule has 2 saturated heterocycles. The number of nitrogens with one attached hydrogen (secondary N) is 1. The minimum absolute atomic E-state index is 0.0683. The summed E-state index contributed by atoms with van der Waals surface area (Å²) in [6.45, 7) is 8.22. The van der Waals surface area contributed by atoms with E-state index < -0.39 is 11.1 Å². The molecule has 1 unspecified atom stereocenters. The highest BCUT2D eigenvalue weighted by Gasteiger charge is 2.65. The minimum Gasteiger partial charge on any atom is -0.444 e. The fourth-order valence-corrected chi connectivity index (χ4v) is 5.94. The maximum atomic E-state index is 14.5. The Hall–Kier alpha value is -4.16. The van der Waals surface area contributed by atoms with E-state index in [1.165, 1.54) is 6.08 Å². The Balaban J connectivity index is 1.47. The van der Waals surface area contributed by atoms with Crippen LogP contribution in [0, 0.1) is 23.2 Å². The summed E-state index contributed by atoms with van der Waals surface area (Å²) in [5.41, 5.74) is 0.107. The van der Waals surface area contributed by atoms with Crippen molar-refractivity contribution in [3.8, 4) is 6.07 Å². The first-order valence-electron chi connectivity index (χ1n) is 14.0. The molecule has 42 heavy (non-hydrogen) atoms. The van der Waals surface area contributed by atoms with Crippen LogP contribution >= 0.6 is 11.6 Å². The molecule has 0 bridgehead atoms. The van der Waals surface area contributed by atoms with E-state index in [4.69, 9.17) is 21.6 Å². The Morgan fingerprint density at radius 2 is 1.81 bits per heavy atom. The number of ether oxygens (including phenoxy) is 1. The molecule has 1 aliphatic carbocycles. The number of halogens is 1. The minimum atomic E-state index is -1.07. The average Bonchev–Trinajstić information content (AvgIpc) is 3.28. The highest BCUT2D eigenvalue weighted by Crippen LogP contribution is 2.52. The molecule has 0 spiro atoms. The molecule has 218 valence electrons. The van der Waals surface area contributed by atoms with Crippen LogP contribution in [0.25, 0.3) is 0 Å². The van der Waals surface area contributed by atoms with Gasteiger partial charge in [0.1, 0.15) is 17.0 Å². The molecule has 3 fully saturated rings. The van der Waals surface area contributed by atoms with E-state index in [0.717, 1.165) is 5.56 Å². The van der Waals surface area contributed by atoms with Gasteiger partial charge in [-0.15, -0.1) is 0 Å². The first-order valence-corrected chi connectivity index (χ1v) is 14.4. The number of nitrogens with zero attached hydrogens (tertiary/aromatic N) is 4. The van der Waals surface area contributed by atoms with E-state index in [9.17, 15) is 14.4 Å². The number of piperidine rings is 1. The number of rotatable bonds is 7. The lowest BCUT2D eigenvalue weighted by molar-refractivity contribution is -0.132. The number of benzene rings is 1. The summed E-state index contributed by atoms with van der Waals surface area (Å²) in [5.74, 6) is 0.130. The Morgan fingerprint density at radius 3 is 2.38 bits per heavy atom. The van der Waals surface area contributed by atoms with Gasteiger partial charge >= 0.3 is 6.09 Å². The van der Waals surface area contributed by atoms with Crippen LogP contribution < -0.4 is 5.32 Å². The van der Waals surface area contributed by atoms with Crippen molar-refractivity contribution >= 4 is 29.4 Å². The van der Waals surface area contributed by atoms with Crippen LogP contribution in [-0.4, -0.2) is 62.8 Å². The van der Waals surface area contributed by atoms with Gasteiger partial charge in [0.2, 0.25) is 0 Å². The maximum absolute atomic E-state index is 14.5. The summed E-state index contributed by atoms with van der Waals surface area (Å²) in [5, 5.41) is 13.1. The highest BCUT2D eigenvalue weighted by molar-refractivity contribution is 6.29. The number of fused-ring (bicyclic) bond motifs is 1. The Labute approximate surface area is 250 Å². The average molecular weight is 588 g/mol. The third-order valence-electron chi connectivity index (χ3n) is 7.91. The van der Waals surface area contributed by atoms with Gasteiger partial charge in [-0.05, 0) is 76.1 Å². The topological polar surface area (TPSA) is 116 Å². The van der Waals surface area contributed by atoms with Crippen molar-refractivity contribution in [1.29, 1.82) is 5.26 Å². The number of pyridine rings is 1. The normalized spacial score (nSPS) is 26.1. The van der Waals surface area contributed by atoms with E-state index in [0.29, 0.717) is 47.9 Å². The van der Waals surface area contributed by atoms with Crippen LogP contribution in [0.3, 0.4) is 0 Å². The van der Waals surface area contributed by atoms with Gasteiger partial charge in [-0.1, -0.05) is 17.7 Å². The number of nitriles is 1. The standard InChI is InChI=1S/C32H34ClN5O4/c1-20(33)9-12-32(16-21-10-13-35-14-11-21)29(40)38(27(36-32)15-26(39)23-7-5-22(17-34)6-8-23)28-24-18-37(19-25(24)28)30(41)42-31(2,3)4/h5-11,13-15,24-25,28,36H,12,16,18-19H2,1-4H3/t24-,25+,28+,32?. The number of carbonyl (C=O) groups is 3. The zero-order chi connectivity index (χ0) is 30.2. The number of carbonyl (C=O) groups excluding carboxylic acids is 3. The smallest absolute Gasteiger partial charge is 0.410 e. The third-order valence-corrected chi connectivity index (χ3v) is 8.06. The van der Waals surface area contributed by atoms with Crippen molar-refractivity contribution < 1.29 is 19.1 Å². The molecule has 1 aromatic carbocycles. The Kier molecular flexibility index (Phi) is 7.86. The largest absolute Gasteiger partial charge is 0.444 e. The van der Waals surface area contributed by atoms with Crippen molar-refractivity contribution in [2.45, 2.75) is 57.7 Å². The van der Waals surface area contributed by atoms with Crippen molar-refractivity contribution in [1.82, 2.24) is 20.1 Å². The molecular weight excluding hydrogens is 554 g/mol. The zero-order valence-electron chi connectivity index (χ0n) is 24.1. The Bertz CT molecular complexity index is 1480. The van der Waals surface area contributed by atoms with Gasteiger partial charge in [0.15, 0.2) is 5.78 Å². The molecule has 2 aliphatic heterocycles. The molecule has 1 aromatic heterocycles. The predicted octanol–water partition coefficient (Wildman–Crippen LogP) is 4.79. The molecule has 0 radical (unpaired) electrons. The van der Waals surface area contributed by atoms with Crippen LogP contribution in [0.2, 0.25) is 0 Å². The molecule has 9 nitrogen and oxygen atoms in total. The summed E-state index contributed by atoms with van der Waals surface area (Å²) in [6.07, 6.45) is 6.96. The molecule has 2 aromatic rings. The highest BCUT2D eigenvalue weighted by atomic mass is 35.5.